The lowest BCUT2D eigenvalue weighted by molar-refractivity contribution is -0.151. The van der Waals surface area contributed by atoms with Crippen molar-refractivity contribution in [3.8, 4) is 0 Å². The fraction of sp³-hybridized carbons (Fsp3) is 0.852. The van der Waals surface area contributed by atoms with Crippen LogP contribution >= 0.6 is 0 Å². The Morgan fingerprint density at radius 2 is 0.850 bits per heavy atom. The number of allylic oxidation sites excluding steroid dienone is 6. The second-order valence-electron chi connectivity index (χ2n) is 17.9. The van der Waals surface area contributed by atoms with Crippen LogP contribution in [0.25, 0.3) is 0 Å². The number of amides is 1. The van der Waals surface area contributed by atoms with Gasteiger partial charge in [-0.1, -0.05) is 211 Å². The summed E-state index contributed by atoms with van der Waals surface area (Å²) in [5, 5.41) is 23.7. The van der Waals surface area contributed by atoms with Crippen LogP contribution in [0.5, 0.6) is 0 Å². The molecule has 6 nitrogen and oxygen atoms in total. The van der Waals surface area contributed by atoms with Gasteiger partial charge in [0.25, 0.3) is 0 Å². The van der Waals surface area contributed by atoms with Gasteiger partial charge in [0.2, 0.25) is 5.91 Å². The number of hydrogen-bond donors (Lipinski definition) is 3. The van der Waals surface area contributed by atoms with Gasteiger partial charge in [-0.15, -0.1) is 0 Å². The van der Waals surface area contributed by atoms with E-state index in [1.807, 2.05) is 0 Å². The molecule has 0 aliphatic heterocycles. The molecule has 0 aromatic heterocycles. The maximum Gasteiger partial charge on any atom is 0.306 e. The van der Waals surface area contributed by atoms with E-state index in [0.29, 0.717) is 19.3 Å². The molecule has 352 valence electrons. The van der Waals surface area contributed by atoms with Crippen LogP contribution in [0.3, 0.4) is 0 Å². The number of ether oxygens (including phenoxy) is 1. The van der Waals surface area contributed by atoms with E-state index in [2.05, 4.69) is 62.5 Å². The number of carbonyl (C=O) groups excluding carboxylic acids is 2. The first kappa shape index (κ1) is 58.1. The number of rotatable bonds is 47. The number of aliphatic hydroxyl groups is 2. The number of hydrogen-bond acceptors (Lipinski definition) is 5. The summed E-state index contributed by atoms with van der Waals surface area (Å²) in [6.07, 6.45) is 56.4. The molecule has 3 N–H and O–H groups in total. The summed E-state index contributed by atoms with van der Waals surface area (Å²) in [6, 6.07) is -0.703. The van der Waals surface area contributed by atoms with Gasteiger partial charge in [0.1, 0.15) is 6.10 Å². The van der Waals surface area contributed by atoms with Gasteiger partial charge < -0.3 is 20.3 Å². The summed E-state index contributed by atoms with van der Waals surface area (Å²) >= 11 is 0. The second kappa shape index (κ2) is 48.1. The molecule has 0 spiro atoms. The zero-order valence-corrected chi connectivity index (χ0v) is 40.1. The number of carbonyl (C=O) groups is 2. The molecule has 0 heterocycles. The fourth-order valence-electron chi connectivity index (χ4n) is 7.93. The van der Waals surface area contributed by atoms with E-state index in [4.69, 9.17) is 4.74 Å². The van der Waals surface area contributed by atoms with E-state index < -0.39 is 18.2 Å². The highest BCUT2D eigenvalue weighted by molar-refractivity contribution is 5.77. The molecular weight excluding hydrogens is 743 g/mol. The molecule has 0 aliphatic carbocycles. The predicted molar refractivity (Wildman–Crippen MR) is 259 cm³/mol. The van der Waals surface area contributed by atoms with Crippen LogP contribution in [0.4, 0.5) is 0 Å². The van der Waals surface area contributed by atoms with Crippen LogP contribution in [0.2, 0.25) is 0 Å². The van der Waals surface area contributed by atoms with Gasteiger partial charge in [-0.05, 0) is 83.5 Å². The van der Waals surface area contributed by atoms with Crippen molar-refractivity contribution in [2.24, 2.45) is 0 Å². The lowest BCUT2D eigenvalue weighted by Gasteiger charge is -2.24. The standard InChI is InChI=1S/C54H101NO5/c1-4-7-10-13-16-19-22-24-25-26-27-28-29-30-32-35-38-41-44-47-54(59)60-50(45-42-39-36-33-21-18-15-12-9-6-3)48-53(58)55-51(49-56)52(57)46-43-40-37-34-31-23-20-17-14-11-8-5-2/h16,18-19,21,24-25,50-52,56-57H,4-15,17,20,22-23,26-49H2,1-3H3,(H,55,58)/b19-16-,21-18-,25-24-. The van der Waals surface area contributed by atoms with Gasteiger partial charge in [-0.3, -0.25) is 9.59 Å². The molecule has 3 atom stereocenters. The molecule has 60 heavy (non-hydrogen) atoms. The first-order valence-corrected chi connectivity index (χ1v) is 26.2. The van der Waals surface area contributed by atoms with Crippen LogP contribution in [0.15, 0.2) is 36.5 Å². The largest absolute Gasteiger partial charge is 0.462 e. The summed E-state index contributed by atoms with van der Waals surface area (Å²) in [6.45, 7) is 6.43. The first-order chi connectivity index (χ1) is 29.5. The molecule has 6 heteroatoms. The molecule has 3 unspecified atom stereocenters. The van der Waals surface area contributed by atoms with E-state index in [0.717, 1.165) is 77.0 Å². The Bertz CT molecular complexity index is 993. The van der Waals surface area contributed by atoms with Crippen LogP contribution in [0, 0.1) is 0 Å². The normalized spacial score (nSPS) is 13.5. The monoisotopic (exact) mass is 844 g/mol. The van der Waals surface area contributed by atoms with Crippen molar-refractivity contribution < 1.29 is 24.5 Å². The highest BCUT2D eigenvalue weighted by atomic mass is 16.5. The SMILES string of the molecule is CCCCC/C=C\C/C=C\CCCCCCCCCCCC(=O)OC(CCCCC/C=C\CCCCC)CC(=O)NC(CO)C(O)CCCCCCCCCCCCCC. The molecule has 0 bridgehead atoms. The van der Waals surface area contributed by atoms with Crippen molar-refractivity contribution in [3.63, 3.8) is 0 Å². The third-order valence-corrected chi connectivity index (χ3v) is 11.9. The molecule has 0 aliphatic rings. The van der Waals surface area contributed by atoms with Crippen LogP contribution in [-0.4, -0.2) is 46.9 Å². The zero-order valence-electron chi connectivity index (χ0n) is 40.1. The highest BCUT2D eigenvalue weighted by Crippen LogP contribution is 2.18. The Labute approximate surface area is 373 Å². The maximum absolute atomic E-state index is 13.2. The van der Waals surface area contributed by atoms with Crippen molar-refractivity contribution in [3.05, 3.63) is 36.5 Å². The van der Waals surface area contributed by atoms with Gasteiger partial charge in [-0.25, -0.2) is 0 Å². The third-order valence-electron chi connectivity index (χ3n) is 11.9. The fourth-order valence-corrected chi connectivity index (χ4v) is 7.93. The van der Waals surface area contributed by atoms with Gasteiger partial charge in [-0.2, -0.15) is 0 Å². The Morgan fingerprint density at radius 3 is 1.33 bits per heavy atom. The topological polar surface area (TPSA) is 95.9 Å². The van der Waals surface area contributed by atoms with E-state index >= 15 is 0 Å². The van der Waals surface area contributed by atoms with Crippen LogP contribution in [0.1, 0.15) is 271 Å². The van der Waals surface area contributed by atoms with Gasteiger partial charge in [0.15, 0.2) is 0 Å². The number of nitrogens with one attached hydrogen (secondary N) is 1. The summed E-state index contributed by atoms with van der Waals surface area (Å²) in [5.41, 5.74) is 0. The molecule has 0 radical (unpaired) electrons. The van der Waals surface area contributed by atoms with Crippen molar-refractivity contribution in [1.82, 2.24) is 5.32 Å². The molecule has 0 saturated carbocycles. The van der Waals surface area contributed by atoms with Crippen molar-refractivity contribution >= 4 is 11.9 Å². The summed E-state index contributed by atoms with van der Waals surface area (Å²) in [7, 11) is 0. The average Bonchev–Trinajstić information content (AvgIpc) is 3.24. The molecule has 0 fully saturated rings. The molecule has 0 saturated heterocycles. The lowest BCUT2D eigenvalue weighted by Crippen LogP contribution is -2.46. The summed E-state index contributed by atoms with van der Waals surface area (Å²) in [4.78, 5) is 26.1. The molecular formula is C54H101NO5. The Balaban J connectivity index is 4.46. The number of aliphatic hydroxyl groups excluding tert-OH is 2. The minimum Gasteiger partial charge on any atom is -0.462 e. The predicted octanol–water partition coefficient (Wildman–Crippen LogP) is 15.7. The Hall–Kier alpha value is -1.92. The van der Waals surface area contributed by atoms with Gasteiger partial charge >= 0.3 is 5.97 Å². The summed E-state index contributed by atoms with van der Waals surface area (Å²) in [5.74, 6) is -0.487. The van der Waals surface area contributed by atoms with Crippen molar-refractivity contribution in [2.75, 3.05) is 6.61 Å². The van der Waals surface area contributed by atoms with Crippen molar-refractivity contribution in [1.29, 1.82) is 0 Å². The second-order valence-corrected chi connectivity index (χ2v) is 17.9. The Morgan fingerprint density at radius 1 is 0.483 bits per heavy atom. The van der Waals surface area contributed by atoms with E-state index in [9.17, 15) is 19.8 Å². The van der Waals surface area contributed by atoms with Gasteiger partial charge in [0.05, 0.1) is 25.2 Å². The van der Waals surface area contributed by atoms with Crippen LogP contribution < -0.4 is 5.32 Å². The number of unbranched alkanes of at least 4 members (excludes halogenated alkanes) is 29. The lowest BCUT2D eigenvalue weighted by atomic mass is 10.0. The minimum atomic E-state index is -0.789. The Kier molecular flexibility index (Phi) is 46.6. The number of esters is 1. The molecule has 0 aromatic carbocycles. The van der Waals surface area contributed by atoms with E-state index in [1.165, 1.54) is 148 Å². The first-order valence-electron chi connectivity index (χ1n) is 26.2. The van der Waals surface area contributed by atoms with Crippen molar-refractivity contribution in [2.45, 2.75) is 289 Å². The minimum absolute atomic E-state index is 0.0672. The van der Waals surface area contributed by atoms with Gasteiger partial charge in [0, 0.05) is 6.42 Å². The smallest absolute Gasteiger partial charge is 0.306 e. The van der Waals surface area contributed by atoms with E-state index in [-0.39, 0.29) is 24.9 Å². The molecule has 0 aromatic rings. The van der Waals surface area contributed by atoms with Crippen LogP contribution in [-0.2, 0) is 14.3 Å². The average molecular weight is 844 g/mol. The molecule has 0 rings (SSSR count). The zero-order chi connectivity index (χ0) is 43.8. The highest BCUT2D eigenvalue weighted by Gasteiger charge is 2.24. The summed E-state index contributed by atoms with van der Waals surface area (Å²) < 4.78 is 5.92. The third kappa shape index (κ3) is 42.8. The maximum atomic E-state index is 13.2. The quantitative estimate of drug-likeness (QED) is 0.0322. The molecule has 1 amide bonds. The van der Waals surface area contributed by atoms with E-state index in [1.54, 1.807) is 0 Å².